The SMILES string of the molecule is CCc1nn2c(-c3c(OC)cc(COC)cc3OC)cccc2c1N(CC1CCOCC1)CC1CC1.O=S(=O)(O)O. The Morgan fingerprint density at radius 3 is 2.10 bits per heavy atom. The fourth-order valence-electron chi connectivity index (χ4n) is 5.45. The zero-order valence-corrected chi connectivity index (χ0v) is 25.0. The van der Waals surface area contributed by atoms with Crippen molar-refractivity contribution in [2.75, 3.05) is 52.5 Å². The smallest absolute Gasteiger partial charge is 0.394 e. The average Bonchev–Trinajstić information content (AvgIpc) is 3.68. The molecule has 1 saturated heterocycles. The van der Waals surface area contributed by atoms with Crippen LogP contribution in [0.2, 0.25) is 0 Å². The summed E-state index contributed by atoms with van der Waals surface area (Å²) in [4.78, 5) is 2.63. The third-order valence-electron chi connectivity index (χ3n) is 7.48. The summed E-state index contributed by atoms with van der Waals surface area (Å²) in [6, 6.07) is 10.5. The van der Waals surface area contributed by atoms with Crippen LogP contribution in [0.5, 0.6) is 11.5 Å². The van der Waals surface area contributed by atoms with Crippen molar-refractivity contribution in [3.05, 3.63) is 41.6 Å². The van der Waals surface area contributed by atoms with Gasteiger partial charge in [-0.15, -0.1) is 0 Å². The summed E-state index contributed by atoms with van der Waals surface area (Å²) < 4.78 is 56.4. The van der Waals surface area contributed by atoms with Crippen molar-refractivity contribution in [3.63, 3.8) is 0 Å². The monoisotopic (exact) mass is 591 g/mol. The number of aromatic nitrogens is 2. The van der Waals surface area contributed by atoms with E-state index in [1.165, 1.54) is 18.5 Å². The lowest BCUT2D eigenvalue weighted by Gasteiger charge is -2.31. The third-order valence-corrected chi connectivity index (χ3v) is 7.48. The summed E-state index contributed by atoms with van der Waals surface area (Å²) in [5, 5.41) is 5.17. The number of pyridine rings is 1. The Morgan fingerprint density at radius 2 is 1.59 bits per heavy atom. The minimum Gasteiger partial charge on any atom is -0.496 e. The Morgan fingerprint density at radius 1 is 1.00 bits per heavy atom. The van der Waals surface area contributed by atoms with Gasteiger partial charge < -0.3 is 23.8 Å². The second-order valence-electron chi connectivity index (χ2n) is 10.5. The number of rotatable bonds is 11. The molecule has 2 aromatic heterocycles. The normalized spacial score (nSPS) is 15.9. The fraction of sp³-hybridized carbons (Fsp3) is 0.552. The molecule has 1 aliphatic carbocycles. The predicted molar refractivity (Wildman–Crippen MR) is 156 cm³/mol. The minimum atomic E-state index is -4.67. The number of aryl methyl sites for hydroxylation is 1. The van der Waals surface area contributed by atoms with E-state index in [4.69, 9.17) is 41.6 Å². The number of fused-ring (bicyclic) bond motifs is 1. The van der Waals surface area contributed by atoms with Crippen molar-refractivity contribution in [1.82, 2.24) is 9.61 Å². The van der Waals surface area contributed by atoms with Crippen LogP contribution in [0, 0.1) is 11.8 Å². The molecule has 12 heteroatoms. The van der Waals surface area contributed by atoms with E-state index < -0.39 is 10.4 Å². The van der Waals surface area contributed by atoms with E-state index in [-0.39, 0.29) is 0 Å². The van der Waals surface area contributed by atoms with E-state index in [2.05, 4.69) is 34.5 Å². The maximum absolute atomic E-state index is 8.74. The van der Waals surface area contributed by atoms with Crippen molar-refractivity contribution in [3.8, 4) is 22.8 Å². The second kappa shape index (κ2) is 13.8. The van der Waals surface area contributed by atoms with Gasteiger partial charge in [-0.05, 0) is 73.8 Å². The molecule has 2 N–H and O–H groups in total. The maximum Gasteiger partial charge on any atom is 0.394 e. The molecule has 11 nitrogen and oxygen atoms in total. The van der Waals surface area contributed by atoms with Crippen LogP contribution in [-0.4, -0.2) is 74.8 Å². The van der Waals surface area contributed by atoms with E-state index in [1.54, 1.807) is 21.3 Å². The molecule has 1 aliphatic heterocycles. The van der Waals surface area contributed by atoms with Crippen LogP contribution in [0.4, 0.5) is 5.69 Å². The minimum absolute atomic E-state index is 0.492. The first-order valence-corrected chi connectivity index (χ1v) is 15.3. The molecule has 2 aliphatic rings. The van der Waals surface area contributed by atoms with Gasteiger partial charge in [0.1, 0.15) is 11.5 Å². The summed E-state index contributed by atoms with van der Waals surface area (Å²) in [6.45, 7) is 6.62. The summed E-state index contributed by atoms with van der Waals surface area (Å²) in [5.74, 6) is 2.96. The van der Waals surface area contributed by atoms with Gasteiger partial charge in [0.2, 0.25) is 0 Å². The largest absolute Gasteiger partial charge is 0.496 e. The van der Waals surface area contributed by atoms with Crippen LogP contribution < -0.4 is 14.4 Å². The molecule has 1 aromatic carbocycles. The van der Waals surface area contributed by atoms with Crippen LogP contribution in [0.3, 0.4) is 0 Å². The van der Waals surface area contributed by atoms with Crippen LogP contribution in [0.1, 0.15) is 43.9 Å². The zero-order chi connectivity index (χ0) is 29.6. The van der Waals surface area contributed by atoms with E-state index in [1.807, 2.05) is 12.1 Å². The molecular weight excluding hydrogens is 550 g/mol. The Labute approximate surface area is 241 Å². The lowest BCUT2D eigenvalue weighted by molar-refractivity contribution is 0.0681. The number of hydrogen-bond donors (Lipinski definition) is 2. The molecule has 1 saturated carbocycles. The van der Waals surface area contributed by atoms with Crippen LogP contribution in [-0.2, 0) is 32.9 Å². The van der Waals surface area contributed by atoms with E-state index in [0.717, 1.165) is 91.0 Å². The first-order chi connectivity index (χ1) is 19.7. The van der Waals surface area contributed by atoms with Gasteiger partial charge in [-0.1, -0.05) is 13.0 Å². The van der Waals surface area contributed by atoms with Gasteiger partial charge in [0.25, 0.3) is 0 Å². The number of methoxy groups -OCH3 is 3. The van der Waals surface area contributed by atoms with Crippen molar-refractivity contribution in [1.29, 1.82) is 0 Å². The average molecular weight is 592 g/mol. The van der Waals surface area contributed by atoms with Crippen molar-refractivity contribution >= 4 is 21.6 Å². The van der Waals surface area contributed by atoms with Crippen LogP contribution in [0.15, 0.2) is 30.3 Å². The molecule has 0 amide bonds. The van der Waals surface area contributed by atoms with Crippen molar-refractivity contribution in [2.24, 2.45) is 11.8 Å². The lowest BCUT2D eigenvalue weighted by atomic mass is 9.99. The molecule has 0 unspecified atom stereocenters. The highest BCUT2D eigenvalue weighted by atomic mass is 32.3. The third kappa shape index (κ3) is 8.10. The molecule has 0 radical (unpaired) electrons. The second-order valence-corrected chi connectivity index (χ2v) is 11.4. The Bertz CT molecular complexity index is 1380. The van der Waals surface area contributed by atoms with E-state index >= 15 is 0 Å². The van der Waals surface area contributed by atoms with Gasteiger partial charge >= 0.3 is 10.4 Å². The van der Waals surface area contributed by atoms with Gasteiger partial charge in [0, 0.05) is 33.4 Å². The number of nitrogens with zero attached hydrogens (tertiary/aromatic N) is 3. The van der Waals surface area contributed by atoms with Crippen LogP contribution >= 0.6 is 0 Å². The van der Waals surface area contributed by atoms with E-state index in [0.29, 0.717) is 12.5 Å². The Kier molecular flexibility index (Phi) is 10.5. The topological polar surface area (TPSA) is 132 Å². The highest BCUT2D eigenvalue weighted by molar-refractivity contribution is 7.79. The molecule has 3 aromatic rings. The molecule has 3 heterocycles. The zero-order valence-electron chi connectivity index (χ0n) is 24.2. The highest BCUT2D eigenvalue weighted by Gasteiger charge is 2.30. The quantitative estimate of drug-likeness (QED) is 0.302. The summed E-state index contributed by atoms with van der Waals surface area (Å²) in [6.07, 6.45) is 5.81. The number of ether oxygens (including phenoxy) is 4. The molecule has 0 atom stereocenters. The molecule has 0 spiro atoms. The molecule has 5 rings (SSSR count). The first-order valence-electron chi connectivity index (χ1n) is 13.9. The number of benzene rings is 1. The van der Waals surface area contributed by atoms with Crippen molar-refractivity contribution in [2.45, 2.75) is 45.6 Å². The summed E-state index contributed by atoms with van der Waals surface area (Å²) in [5.41, 5.74) is 6.44. The summed E-state index contributed by atoms with van der Waals surface area (Å²) in [7, 11) is 0.428. The molecule has 2 fully saturated rings. The van der Waals surface area contributed by atoms with Crippen LogP contribution in [0.25, 0.3) is 16.8 Å². The lowest BCUT2D eigenvalue weighted by Crippen LogP contribution is -2.34. The van der Waals surface area contributed by atoms with Gasteiger partial charge in [0.05, 0.1) is 49.0 Å². The molecule has 0 bridgehead atoms. The van der Waals surface area contributed by atoms with Gasteiger partial charge in [-0.25, -0.2) is 4.52 Å². The molecule has 226 valence electrons. The van der Waals surface area contributed by atoms with E-state index in [9.17, 15) is 0 Å². The first kappa shape index (κ1) is 31.0. The molecular formula is C29H41N3O8S. The van der Waals surface area contributed by atoms with Gasteiger partial charge in [0.15, 0.2) is 0 Å². The number of anilines is 1. The standard InChI is InChI=1S/C29H39N3O4.H2O4S/c1-5-23-29(31(17-20-9-10-20)18-21-11-13-36-14-12-21)25-8-6-7-24(32(25)30-23)28-26(34-3)15-22(19-33-2)16-27(28)35-4;1-5(2,3)4/h6-8,15-16,20-21H,5,9-14,17-19H2,1-4H3;(H2,1,2,3,4). The summed E-state index contributed by atoms with van der Waals surface area (Å²) >= 11 is 0. The Hall–Kier alpha value is -2.90. The number of hydrogen-bond acceptors (Lipinski definition) is 8. The highest BCUT2D eigenvalue weighted by Crippen LogP contribution is 2.42. The van der Waals surface area contributed by atoms with Gasteiger partial charge in [-0.3, -0.25) is 9.11 Å². The predicted octanol–water partition coefficient (Wildman–Crippen LogP) is 4.72. The van der Waals surface area contributed by atoms with Gasteiger partial charge in [-0.2, -0.15) is 13.5 Å². The fourth-order valence-corrected chi connectivity index (χ4v) is 5.45. The van der Waals surface area contributed by atoms with Crippen molar-refractivity contribution < 1.29 is 36.5 Å². The molecule has 41 heavy (non-hydrogen) atoms. The maximum atomic E-state index is 8.74. The Balaban J connectivity index is 0.000000714.